The van der Waals surface area contributed by atoms with Gasteiger partial charge in [0.15, 0.2) is 6.10 Å². The number of allylic oxidation sites excluding steroid dienone is 10. The predicted molar refractivity (Wildman–Crippen MR) is 325 cm³/mol. The number of rotatable bonds is 60. The van der Waals surface area contributed by atoms with E-state index in [-0.39, 0.29) is 31.1 Å². The van der Waals surface area contributed by atoms with Crippen LogP contribution >= 0.6 is 0 Å². The minimum atomic E-state index is -0.774. The second kappa shape index (κ2) is 63.6. The van der Waals surface area contributed by atoms with Crippen molar-refractivity contribution in [1.29, 1.82) is 0 Å². The average Bonchev–Trinajstić information content (AvgIpc) is 3.41. The van der Waals surface area contributed by atoms with E-state index >= 15 is 0 Å². The Kier molecular flexibility index (Phi) is 61.2. The van der Waals surface area contributed by atoms with Gasteiger partial charge in [-0.15, -0.1) is 0 Å². The molecule has 1 unspecified atom stereocenters. The van der Waals surface area contributed by atoms with Crippen LogP contribution in [0, 0.1) is 0 Å². The van der Waals surface area contributed by atoms with Crippen molar-refractivity contribution in [3.8, 4) is 0 Å². The number of hydrogen-bond donors (Lipinski definition) is 0. The molecule has 6 heteroatoms. The van der Waals surface area contributed by atoms with E-state index < -0.39 is 6.10 Å². The quantitative estimate of drug-likeness (QED) is 0.0261. The Labute approximate surface area is 466 Å². The Hall–Kier alpha value is -2.89. The molecule has 0 saturated carbocycles. The largest absolute Gasteiger partial charge is 0.462 e. The van der Waals surface area contributed by atoms with Crippen LogP contribution in [0.1, 0.15) is 342 Å². The van der Waals surface area contributed by atoms with E-state index in [4.69, 9.17) is 14.2 Å². The van der Waals surface area contributed by atoms with Crippen LogP contribution in [-0.4, -0.2) is 37.2 Å². The van der Waals surface area contributed by atoms with E-state index in [1.807, 2.05) is 0 Å². The molecular weight excluding hydrogens is 925 g/mol. The normalized spacial score (nSPS) is 12.4. The lowest BCUT2D eigenvalue weighted by Crippen LogP contribution is -2.30. The molecule has 6 nitrogen and oxygen atoms in total. The van der Waals surface area contributed by atoms with Crippen molar-refractivity contribution in [2.45, 2.75) is 348 Å². The topological polar surface area (TPSA) is 78.9 Å². The van der Waals surface area contributed by atoms with Crippen LogP contribution < -0.4 is 0 Å². The Morgan fingerprint density at radius 2 is 0.480 bits per heavy atom. The molecule has 0 aliphatic heterocycles. The first-order valence-electron chi connectivity index (χ1n) is 32.8. The van der Waals surface area contributed by atoms with Gasteiger partial charge in [-0.05, 0) is 89.9 Å². The zero-order valence-electron chi connectivity index (χ0n) is 50.1. The van der Waals surface area contributed by atoms with Crippen molar-refractivity contribution in [2.24, 2.45) is 0 Å². The first-order valence-corrected chi connectivity index (χ1v) is 32.8. The Morgan fingerprint density at radius 1 is 0.267 bits per heavy atom. The fourth-order valence-corrected chi connectivity index (χ4v) is 9.54. The van der Waals surface area contributed by atoms with Crippen molar-refractivity contribution in [3.63, 3.8) is 0 Å². The van der Waals surface area contributed by atoms with Gasteiger partial charge in [0.1, 0.15) is 13.2 Å². The van der Waals surface area contributed by atoms with Gasteiger partial charge in [-0.2, -0.15) is 0 Å². The van der Waals surface area contributed by atoms with E-state index in [9.17, 15) is 14.4 Å². The van der Waals surface area contributed by atoms with Crippen LogP contribution in [0.15, 0.2) is 60.8 Å². The fraction of sp³-hybridized carbons (Fsp3) is 0.812. The monoisotopic (exact) mass is 1050 g/mol. The molecule has 0 spiro atoms. The Balaban J connectivity index is 3.98. The van der Waals surface area contributed by atoms with Gasteiger partial charge in [0.05, 0.1) is 0 Å². The van der Waals surface area contributed by atoms with Gasteiger partial charge in [-0.25, -0.2) is 0 Å². The Morgan fingerprint density at radius 3 is 0.760 bits per heavy atom. The minimum Gasteiger partial charge on any atom is -0.462 e. The van der Waals surface area contributed by atoms with Gasteiger partial charge in [-0.1, -0.05) is 293 Å². The number of carbonyl (C=O) groups is 3. The molecule has 0 heterocycles. The molecule has 0 radical (unpaired) electrons. The smallest absolute Gasteiger partial charge is 0.306 e. The molecule has 0 aliphatic rings. The standard InChI is InChI=1S/C69H124O6/c1-4-7-10-13-16-18-20-22-24-26-28-29-30-31-32-33-34-35-36-37-38-39-40-41-42-44-45-47-49-51-53-56-59-62-68(71)74-65-66(64-73-67(70)61-58-55-15-12-9-6-3)75-69(72)63-60-57-54-52-50-48-46-43-27-25-23-21-19-17-14-11-8-5-2/h19-22,25-28,30-31,66H,4-18,23-24,29,32-65H2,1-3H3/b21-19-,22-20-,27-25-,28-26-,31-30-. The van der Waals surface area contributed by atoms with Crippen LogP contribution in [-0.2, 0) is 28.6 Å². The van der Waals surface area contributed by atoms with Gasteiger partial charge in [0, 0.05) is 19.3 Å². The molecule has 0 bridgehead atoms. The lowest BCUT2D eigenvalue weighted by atomic mass is 10.0. The second-order valence-corrected chi connectivity index (χ2v) is 22.0. The van der Waals surface area contributed by atoms with Crippen molar-refractivity contribution < 1.29 is 28.6 Å². The van der Waals surface area contributed by atoms with E-state index in [0.717, 1.165) is 83.5 Å². The summed E-state index contributed by atoms with van der Waals surface area (Å²) in [6.45, 7) is 6.58. The number of unbranched alkanes of at least 4 members (excludes halogenated alkanes) is 39. The molecular formula is C69H124O6. The van der Waals surface area contributed by atoms with E-state index in [2.05, 4.69) is 81.5 Å². The first-order chi connectivity index (χ1) is 37.0. The van der Waals surface area contributed by atoms with Crippen LogP contribution in [0.3, 0.4) is 0 Å². The van der Waals surface area contributed by atoms with E-state index in [1.54, 1.807) is 0 Å². The van der Waals surface area contributed by atoms with Gasteiger partial charge in [0.2, 0.25) is 0 Å². The van der Waals surface area contributed by atoms with Gasteiger partial charge in [-0.3, -0.25) is 14.4 Å². The molecule has 0 amide bonds. The highest BCUT2D eigenvalue weighted by atomic mass is 16.6. The van der Waals surface area contributed by atoms with Gasteiger partial charge in [0.25, 0.3) is 0 Å². The lowest BCUT2D eigenvalue weighted by Gasteiger charge is -2.18. The Bertz CT molecular complexity index is 1340. The summed E-state index contributed by atoms with van der Waals surface area (Å²) < 4.78 is 16.8. The molecule has 1 atom stereocenters. The summed E-state index contributed by atoms with van der Waals surface area (Å²) in [5.41, 5.74) is 0. The van der Waals surface area contributed by atoms with E-state index in [0.29, 0.717) is 19.3 Å². The third-order valence-corrected chi connectivity index (χ3v) is 14.5. The van der Waals surface area contributed by atoms with Gasteiger partial charge < -0.3 is 14.2 Å². The zero-order valence-corrected chi connectivity index (χ0v) is 50.1. The third kappa shape index (κ3) is 61.8. The van der Waals surface area contributed by atoms with E-state index in [1.165, 1.54) is 218 Å². The maximum absolute atomic E-state index is 12.8. The van der Waals surface area contributed by atoms with Crippen LogP contribution in [0.2, 0.25) is 0 Å². The summed E-state index contributed by atoms with van der Waals surface area (Å²) >= 11 is 0. The molecule has 0 rings (SSSR count). The summed E-state index contributed by atoms with van der Waals surface area (Å²) in [5, 5.41) is 0. The molecule has 0 aromatic rings. The highest BCUT2D eigenvalue weighted by molar-refractivity contribution is 5.71. The summed E-state index contributed by atoms with van der Waals surface area (Å²) in [7, 11) is 0. The maximum Gasteiger partial charge on any atom is 0.306 e. The number of hydrogen-bond acceptors (Lipinski definition) is 6. The van der Waals surface area contributed by atoms with Gasteiger partial charge >= 0.3 is 17.9 Å². The van der Waals surface area contributed by atoms with Crippen LogP contribution in [0.25, 0.3) is 0 Å². The number of ether oxygens (including phenoxy) is 3. The van der Waals surface area contributed by atoms with Crippen LogP contribution in [0.4, 0.5) is 0 Å². The molecule has 0 N–H and O–H groups in total. The fourth-order valence-electron chi connectivity index (χ4n) is 9.54. The summed E-state index contributed by atoms with van der Waals surface area (Å²) in [6.07, 6.45) is 81.4. The van der Waals surface area contributed by atoms with Crippen molar-refractivity contribution >= 4 is 17.9 Å². The third-order valence-electron chi connectivity index (χ3n) is 14.5. The predicted octanol–water partition coefficient (Wildman–Crippen LogP) is 22.3. The molecule has 436 valence electrons. The zero-order chi connectivity index (χ0) is 54.3. The summed E-state index contributed by atoms with van der Waals surface area (Å²) in [4.78, 5) is 38.0. The maximum atomic E-state index is 12.8. The minimum absolute atomic E-state index is 0.0740. The van der Waals surface area contributed by atoms with Crippen molar-refractivity contribution in [1.82, 2.24) is 0 Å². The highest BCUT2D eigenvalue weighted by Gasteiger charge is 2.19. The molecule has 0 fully saturated rings. The molecule has 75 heavy (non-hydrogen) atoms. The van der Waals surface area contributed by atoms with Crippen LogP contribution in [0.5, 0.6) is 0 Å². The van der Waals surface area contributed by atoms with Crippen molar-refractivity contribution in [3.05, 3.63) is 60.8 Å². The molecule has 0 aromatic carbocycles. The SMILES string of the molecule is CCCCCC/C=C\C/C=C\CCCCCCCCCC(=O)OC(COC(=O)CCCCCCCC)COC(=O)CCCCCCCCCCCCCCCCCCCC/C=C\C/C=C\C/C=C\CCCCCCC. The first kappa shape index (κ1) is 72.1. The number of esters is 3. The second-order valence-electron chi connectivity index (χ2n) is 22.0. The lowest BCUT2D eigenvalue weighted by molar-refractivity contribution is -0.167. The summed E-state index contributed by atoms with van der Waals surface area (Å²) in [5.74, 6) is -0.876. The molecule has 0 aromatic heterocycles. The highest BCUT2D eigenvalue weighted by Crippen LogP contribution is 2.17. The average molecular weight is 1050 g/mol. The summed E-state index contributed by atoms with van der Waals surface area (Å²) in [6, 6.07) is 0. The number of carbonyl (C=O) groups excluding carboxylic acids is 3. The molecule has 0 saturated heterocycles. The molecule has 0 aliphatic carbocycles. The van der Waals surface area contributed by atoms with Crippen molar-refractivity contribution in [2.75, 3.05) is 13.2 Å².